The summed E-state index contributed by atoms with van der Waals surface area (Å²) in [7, 11) is 0. The fraction of sp³-hybridized carbons (Fsp3) is 0.393. The Bertz CT molecular complexity index is 1400. The predicted molar refractivity (Wildman–Crippen MR) is 138 cm³/mol. The van der Waals surface area contributed by atoms with E-state index in [4.69, 9.17) is 9.72 Å². The van der Waals surface area contributed by atoms with Crippen LogP contribution in [0.4, 0.5) is 5.95 Å². The van der Waals surface area contributed by atoms with Gasteiger partial charge in [-0.05, 0) is 80.6 Å². The highest BCUT2D eigenvalue weighted by atomic mass is 16.5. The molecule has 2 aliphatic heterocycles. The molecule has 0 saturated carbocycles. The Kier molecular flexibility index (Phi) is 5.65. The number of imidazole rings is 1. The van der Waals surface area contributed by atoms with E-state index in [1.165, 1.54) is 11.1 Å². The van der Waals surface area contributed by atoms with Gasteiger partial charge in [-0.15, -0.1) is 0 Å². The lowest BCUT2D eigenvalue weighted by Crippen LogP contribution is -2.44. The molecule has 7 nitrogen and oxygen atoms in total. The van der Waals surface area contributed by atoms with Crippen LogP contribution in [0.1, 0.15) is 30.4 Å². The normalized spacial score (nSPS) is 19.0. The molecule has 1 N–H and O–H groups in total. The standard InChI is InChI=1S/C28H31N5O2/c1-18-14-25-26(15-19(18)2)33(23-5-6-24-21(16-23)4-3-10-29-24)28(31-25)32-11-7-20(8-12-32)27(34)30-22-9-13-35-17-22/h3-6,10,14-16,20,22H,7-9,11-13,17H2,1-2H3,(H,30,34)/t22-/m1/s1. The lowest BCUT2D eigenvalue weighted by Gasteiger charge is -2.32. The molecule has 2 aromatic carbocycles. The summed E-state index contributed by atoms with van der Waals surface area (Å²) >= 11 is 0. The lowest BCUT2D eigenvalue weighted by molar-refractivity contribution is -0.126. The number of hydrogen-bond acceptors (Lipinski definition) is 5. The van der Waals surface area contributed by atoms with Crippen LogP contribution >= 0.6 is 0 Å². The molecule has 1 atom stereocenters. The van der Waals surface area contributed by atoms with E-state index in [0.29, 0.717) is 6.61 Å². The Balaban J connectivity index is 1.33. The number of fused-ring (bicyclic) bond motifs is 2. The number of benzene rings is 2. The Morgan fingerprint density at radius 2 is 1.86 bits per heavy atom. The zero-order valence-electron chi connectivity index (χ0n) is 20.3. The maximum absolute atomic E-state index is 12.8. The van der Waals surface area contributed by atoms with Gasteiger partial charge in [0.15, 0.2) is 0 Å². The van der Waals surface area contributed by atoms with Crippen molar-refractivity contribution in [3.63, 3.8) is 0 Å². The van der Waals surface area contributed by atoms with Crippen LogP contribution < -0.4 is 10.2 Å². The van der Waals surface area contributed by atoms with E-state index in [2.05, 4.69) is 70.0 Å². The molecule has 4 aromatic rings. The third-order valence-corrected chi connectivity index (χ3v) is 7.52. The van der Waals surface area contributed by atoms with E-state index in [1.54, 1.807) is 0 Å². The highest BCUT2D eigenvalue weighted by molar-refractivity contribution is 5.86. The Labute approximate surface area is 205 Å². The van der Waals surface area contributed by atoms with Gasteiger partial charge in [-0.1, -0.05) is 6.07 Å². The van der Waals surface area contributed by atoms with Crippen molar-refractivity contribution < 1.29 is 9.53 Å². The van der Waals surface area contributed by atoms with Gasteiger partial charge in [0.25, 0.3) is 0 Å². The molecule has 6 rings (SSSR count). The van der Waals surface area contributed by atoms with Gasteiger partial charge in [0.1, 0.15) is 0 Å². The van der Waals surface area contributed by atoms with Crippen molar-refractivity contribution in [1.82, 2.24) is 19.9 Å². The van der Waals surface area contributed by atoms with Gasteiger partial charge in [-0.3, -0.25) is 14.3 Å². The number of ether oxygens (including phenoxy) is 1. The predicted octanol–water partition coefficient (Wildman–Crippen LogP) is 4.31. The van der Waals surface area contributed by atoms with Crippen LogP contribution in [-0.2, 0) is 9.53 Å². The molecule has 180 valence electrons. The molecule has 2 saturated heterocycles. The van der Waals surface area contributed by atoms with Crippen LogP contribution in [0, 0.1) is 19.8 Å². The third kappa shape index (κ3) is 4.14. The minimum atomic E-state index is 0.0425. The molecular weight excluding hydrogens is 438 g/mol. The molecule has 0 aliphatic carbocycles. The molecule has 0 radical (unpaired) electrons. The first-order chi connectivity index (χ1) is 17.1. The second-order valence-corrected chi connectivity index (χ2v) is 9.88. The molecule has 0 bridgehead atoms. The van der Waals surface area contributed by atoms with Crippen molar-refractivity contribution in [2.75, 3.05) is 31.2 Å². The minimum Gasteiger partial charge on any atom is -0.379 e. The summed E-state index contributed by atoms with van der Waals surface area (Å²) in [6.45, 7) is 7.26. The number of aromatic nitrogens is 3. The molecule has 2 aliphatic rings. The SMILES string of the molecule is Cc1cc2nc(N3CCC(C(=O)N[C@@H]4CCOC4)CC3)n(-c3ccc4ncccc4c3)c2cc1C. The molecule has 2 fully saturated rings. The van der Waals surface area contributed by atoms with Gasteiger partial charge >= 0.3 is 0 Å². The van der Waals surface area contributed by atoms with E-state index in [9.17, 15) is 4.79 Å². The highest BCUT2D eigenvalue weighted by Crippen LogP contribution is 2.32. The molecule has 35 heavy (non-hydrogen) atoms. The van der Waals surface area contributed by atoms with Crippen molar-refractivity contribution in [3.05, 3.63) is 59.8 Å². The van der Waals surface area contributed by atoms with Gasteiger partial charge in [0, 0.05) is 42.9 Å². The van der Waals surface area contributed by atoms with Crippen molar-refractivity contribution in [1.29, 1.82) is 0 Å². The van der Waals surface area contributed by atoms with E-state index in [0.717, 1.165) is 72.5 Å². The topological polar surface area (TPSA) is 72.3 Å². The maximum atomic E-state index is 12.8. The van der Waals surface area contributed by atoms with E-state index in [1.807, 2.05) is 12.3 Å². The number of piperidine rings is 1. The first-order valence-electron chi connectivity index (χ1n) is 12.5. The van der Waals surface area contributed by atoms with Gasteiger partial charge in [-0.25, -0.2) is 4.98 Å². The number of rotatable bonds is 4. The summed E-state index contributed by atoms with van der Waals surface area (Å²) < 4.78 is 7.68. The van der Waals surface area contributed by atoms with Crippen molar-refractivity contribution >= 4 is 33.8 Å². The van der Waals surface area contributed by atoms with E-state index in [-0.39, 0.29) is 17.9 Å². The molecule has 2 aromatic heterocycles. The highest BCUT2D eigenvalue weighted by Gasteiger charge is 2.30. The molecule has 0 spiro atoms. The zero-order chi connectivity index (χ0) is 23.9. The van der Waals surface area contributed by atoms with Crippen LogP contribution in [0.3, 0.4) is 0 Å². The van der Waals surface area contributed by atoms with Gasteiger partial charge in [0.05, 0.1) is 29.2 Å². The number of carbonyl (C=O) groups is 1. The average Bonchev–Trinajstić information content (AvgIpc) is 3.52. The third-order valence-electron chi connectivity index (χ3n) is 7.52. The van der Waals surface area contributed by atoms with Crippen molar-refractivity contribution in [2.45, 2.75) is 39.2 Å². The first-order valence-corrected chi connectivity index (χ1v) is 12.5. The van der Waals surface area contributed by atoms with Crippen LogP contribution in [0.15, 0.2) is 48.7 Å². The molecule has 1 amide bonds. The number of aryl methyl sites for hydroxylation is 2. The Hall–Kier alpha value is -3.45. The zero-order valence-corrected chi connectivity index (χ0v) is 20.3. The average molecular weight is 470 g/mol. The van der Waals surface area contributed by atoms with E-state index >= 15 is 0 Å². The summed E-state index contributed by atoms with van der Waals surface area (Å²) in [4.78, 5) is 24.7. The van der Waals surface area contributed by atoms with Gasteiger partial charge in [0.2, 0.25) is 11.9 Å². The number of nitrogens with one attached hydrogen (secondary N) is 1. The first kappa shape index (κ1) is 22.0. The second kappa shape index (κ2) is 8.96. The monoisotopic (exact) mass is 469 g/mol. The Morgan fingerprint density at radius 1 is 1.03 bits per heavy atom. The van der Waals surface area contributed by atoms with Gasteiger partial charge in [-0.2, -0.15) is 0 Å². The molecule has 7 heteroatoms. The maximum Gasteiger partial charge on any atom is 0.223 e. The number of anilines is 1. The van der Waals surface area contributed by atoms with Crippen LogP contribution in [0.25, 0.3) is 27.6 Å². The lowest BCUT2D eigenvalue weighted by atomic mass is 9.95. The number of carbonyl (C=O) groups excluding carboxylic acids is 1. The molecular formula is C28H31N5O2. The Morgan fingerprint density at radius 3 is 2.66 bits per heavy atom. The number of hydrogen-bond donors (Lipinski definition) is 1. The summed E-state index contributed by atoms with van der Waals surface area (Å²) in [6.07, 6.45) is 4.38. The number of amides is 1. The number of nitrogens with zero attached hydrogens (tertiary/aromatic N) is 4. The summed E-state index contributed by atoms with van der Waals surface area (Å²) in [5.41, 5.74) is 6.64. The fourth-order valence-electron chi connectivity index (χ4n) is 5.30. The summed E-state index contributed by atoms with van der Waals surface area (Å²) in [6, 6.07) is 15.0. The largest absolute Gasteiger partial charge is 0.379 e. The molecule has 4 heterocycles. The van der Waals surface area contributed by atoms with E-state index < -0.39 is 0 Å². The second-order valence-electron chi connectivity index (χ2n) is 9.88. The summed E-state index contributed by atoms with van der Waals surface area (Å²) in [5.74, 6) is 1.15. The quantitative estimate of drug-likeness (QED) is 0.482. The fourth-order valence-corrected chi connectivity index (χ4v) is 5.30. The smallest absolute Gasteiger partial charge is 0.223 e. The minimum absolute atomic E-state index is 0.0425. The van der Waals surface area contributed by atoms with Crippen LogP contribution in [-0.4, -0.2) is 52.8 Å². The van der Waals surface area contributed by atoms with Crippen LogP contribution in [0.5, 0.6) is 0 Å². The van der Waals surface area contributed by atoms with Crippen molar-refractivity contribution in [2.24, 2.45) is 5.92 Å². The summed E-state index contributed by atoms with van der Waals surface area (Å²) in [5, 5.41) is 4.29. The van der Waals surface area contributed by atoms with Crippen molar-refractivity contribution in [3.8, 4) is 5.69 Å². The van der Waals surface area contributed by atoms with Gasteiger partial charge < -0.3 is 15.0 Å². The number of pyridine rings is 1. The molecule has 0 unspecified atom stereocenters. The van der Waals surface area contributed by atoms with Crippen LogP contribution in [0.2, 0.25) is 0 Å².